The quantitative estimate of drug-likeness (QED) is 0.688. The number of halogens is 1. The summed E-state index contributed by atoms with van der Waals surface area (Å²) in [5.74, 6) is -0.388. The van der Waals surface area contributed by atoms with Crippen molar-refractivity contribution in [3.05, 3.63) is 40.2 Å². The number of amides is 1. The molecular formula is C18H27ClN4O4S. The maximum atomic E-state index is 12.9. The maximum Gasteiger partial charge on any atom is 0.254 e. The number of fused-ring (bicyclic) bond motifs is 1. The minimum atomic E-state index is -3.69. The second-order valence-corrected chi connectivity index (χ2v) is 8.28. The third-order valence-corrected chi connectivity index (χ3v) is 6.76. The Balaban J connectivity index is 0.00000392. The van der Waals surface area contributed by atoms with Gasteiger partial charge in [0, 0.05) is 49.7 Å². The van der Waals surface area contributed by atoms with Crippen molar-refractivity contribution in [3.63, 3.8) is 0 Å². The molecule has 0 saturated carbocycles. The minimum absolute atomic E-state index is 0. The van der Waals surface area contributed by atoms with E-state index in [1.807, 2.05) is 0 Å². The van der Waals surface area contributed by atoms with Gasteiger partial charge in [0.15, 0.2) is 0 Å². The molecule has 1 aromatic heterocycles. The van der Waals surface area contributed by atoms with Gasteiger partial charge in [-0.05, 0) is 25.1 Å². The van der Waals surface area contributed by atoms with Gasteiger partial charge in [0.05, 0.1) is 10.5 Å². The van der Waals surface area contributed by atoms with Crippen LogP contribution in [0.5, 0.6) is 0 Å². The second-order valence-electron chi connectivity index (χ2n) is 6.34. The number of hydrogen-bond donors (Lipinski definition) is 2. The Morgan fingerprint density at radius 2 is 1.82 bits per heavy atom. The molecule has 1 aromatic carbocycles. The number of H-pyrrole nitrogens is 1. The number of hydrogen-bond acceptors (Lipinski definition) is 5. The first kappa shape index (κ1) is 24.1. The lowest BCUT2D eigenvalue weighted by Crippen LogP contribution is -2.40. The number of carbonyl (C=O) groups is 1. The van der Waals surface area contributed by atoms with E-state index in [-0.39, 0.29) is 41.4 Å². The zero-order valence-electron chi connectivity index (χ0n) is 16.4. The Morgan fingerprint density at radius 1 is 1.21 bits per heavy atom. The van der Waals surface area contributed by atoms with Crippen LogP contribution in [0.4, 0.5) is 0 Å². The van der Waals surface area contributed by atoms with Gasteiger partial charge < -0.3 is 15.6 Å². The van der Waals surface area contributed by atoms with Gasteiger partial charge in [-0.15, -0.1) is 12.4 Å². The third-order valence-electron chi connectivity index (χ3n) is 4.71. The Kier molecular flexibility index (Phi) is 8.18. The molecule has 0 radical (unpaired) electrons. The fourth-order valence-electron chi connectivity index (χ4n) is 2.83. The molecule has 28 heavy (non-hydrogen) atoms. The van der Waals surface area contributed by atoms with E-state index in [1.165, 1.54) is 33.5 Å². The lowest BCUT2D eigenvalue weighted by molar-refractivity contribution is 0.0750. The number of sulfonamides is 1. The van der Waals surface area contributed by atoms with Crippen LogP contribution in [-0.4, -0.2) is 61.2 Å². The normalized spacial score (nSPS) is 12.6. The van der Waals surface area contributed by atoms with Gasteiger partial charge in [0.2, 0.25) is 15.6 Å². The van der Waals surface area contributed by atoms with E-state index in [2.05, 4.69) is 4.98 Å². The van der Waals surface area contributed by atoms with Crippen LogP contribution in [0.15, 0.2) is 34.0 Å². The Hall–Kier alpha value is -1.94. The van der Waals surface area contributed by atoms with Crippen molar-refractivity contribution in [2.24, 2.45) is 5.73 Å². The number of aromatic nitrogens is 1. The Labute approximate surface area is 171 Å². The predicted octanol–water partition coefficient (Wildman–Crippen LogP) is 1.40. The van der Waals surface area contributed by atoms with Gasteiger partial charge in [-0.25, -0.2) is 8.42 Å². The molecule has 1 heterocycles. The molecule has 1 amide bonds. The molecule has 0 fully saturated rings. The number of nitrogens with one attached hydrogen (secondary N) is 1. The molecule has 0 spiro atoms. The summed E-state index contributed by atoms with van der Waals surface area (Å²) in [7, 11) is -2.09. The first-order valence-corrected chi connectivity index (χ1v) is 10.3. The largest absolute Gasteiger partial charge is 0.338 e. The van der Waals surface area contributed by atoms with Gasteiger partial charge >= 0.3 is 0 Å². The number of rotatable bonds is 7. The summed E-state index contributed by atoms with van der Waals surface area (Å²) in [6, 6.07) is 5.35. The van der Waals surface area contributed by atoms with Gasteiger partial charge in [-0.3, -0.25) is 9.59 Å². The van der Waals surface area contributed by atoms with Crippen molar-refractivity contribution in [1.29, 1.82) is 0 Å². The highest BCUT2D eigenvalue weighted by Gasteiger charge is 2.24. The first-order valence-electron chi connectivity index (χ1n) is 8.81. The molecule has 8 nitrogen and oxygen atoms in total. The van der Waals surface area contributed by atoms with E-state index in [9.17, 15) is 18.0 Å². The average Bonchev–Trinajstić information content (AvgIpc) is 2.65. The second kappa shape index (κ2) is 9.51. The van der Waals surface area contributed by atoms with E-state index in [1.54, 1.807) is 27.8 Å². The zero-order valence-corrected chi connectivity index (χ0v) is 18.1. The number of benzene rings is 1. The topological polar surface area (TPSA) is 117 Å². The molecule has 3 N–H and O–H groups in total. The standard InChI is InChI=1S/C18H26N4O4S.ClH/c1-5-22(6-2)27(25,26)13-7-8-16-14(9-13)15(10-17(23)20-16)18(24)21(4)12(3)11-19;/h7-10,12H,5-6,11,19H2,1-4H3,(H,20,23);1H. The average molecular weight is 431 g/mol. The van der Waals surface area contributed by atoms with E-state index in [4.69, 9.17) is 5.73 Å². The molecular weight excluding hydrogens is 404 g/mol. The molecule has 2 rings (SSSR count). The molecule has 156 valence electrons. The first-order chi connectivity index (χ1) is 12.7. The molecule has 0 aliphatic heterocycles. The highest BCUT2D eigenvalue weighted by molar-refractivity contribution is 7.89. The summed E-state index contributed by atoms with van der Waals surface area (Å²) < 4.78 is 27.0. The number of nitrogens with two attached hydrogens (primary N) is 1. The number of nitrogens with zero attached hydrogens (tertiary/aromatic N) is 2. The van der Waals surface area contributed by atoms with Crippen molar-refractivity contribution in [3.8, 4) is 0 Å². The zero-order chi connectivity index (χ0) is 20.4. The summed E-state index contributed by atoms with van der Waals surface area (Å²) >= 11 is 0. The summed E-state index contributed by atoms with van der Waals surface area (Å²) in [4.78, 5) is 29.0. The summed E-state index contributed by atoms with van der Waals surface area (Å²) in [6.45, 7) is 6.26. The van der Waals surface area contributed by atoms with Crippen LogP contribution >= 0.6 is 12.4 Å². The monoisotopic (exact) mass is 430 g/mol. The molecule has 2 aromatic rings. The fourth-order valence-corrected chi connectivity index (χ4v) is 4.32. The van der Waals surface area contributed by atoms with Gasteiger partial charge in [-0.2, -0.15) is 4.31 Å². The Bertz CT molecular complexity index is 1000. The van der Waals surface area contributed by atoms with Gasteiger partial charge in [0.25, 0.3) is 5.91 Å². The molecule has 0 aliphatic rings. The Morgan fingerprint density at radius 3 is 2.36 bits per heavy atom. The summed E-state index contributed by atoms with van der Waals surface area (Å²) in [5.41, 5.74) is 5.75. The van der Waals surface area contributed by atoms with Crippen LogP contribution in [0, 0.1) is 0 Å². The highest BCUT2D eigenvalue weighted by atomic mass is 35.5. The van der Waals surface area contributed by atoms with E-state index in [0.29, 0.717) is 24.0 Å². The SMILES string of the molecule is CCN(CC)S(=O)(=O)c1ccc2[nH]c(=O)cc(C(=O)N(C)C(C)CN)c2c1.Cl. The molecule has 0 aliphatic carbocycles. The maximum absolute atomic E-state index is 12.9. The van der Waals surface area contributed by atoms with E-state index >= 15 is 0 Å². The smallest absolute Gasteiger partial charge is 0.254 e. The lowest BCUT2D eigenvalue weighted by atomic mass is 10.1. The molecule has 1 atom stereocenters. The van der Waals surface area contributed by atoms with Crippen LogP contribution < -0.4 is 11.3 Å². The van der Waals surface area contributed by atoms with Gasteiger partial charge in [-0.1, -0.05) is 13.8 Å². The number of pyridine rings is 1. The van der Waals surface area contributed by atoms with Gasteiger partial charge in [0.1, 0.15) is 0 Å². The summed E-state index contributed by atoms with van der Waals surface area (Å²) in [6.07, 6.45) is 0. The van der Waals surface area contributed by atoms with Crippen LogP contribution in [0.25, 0.3) is 10.9 Å². The predicted molar refractivity (Wildman–Crippen MR) is 113 cm³/mol. The molecule has 0 saturated heterocycles. The van der Waals surface area contributed by atoms with Crippen LogP contribution in [0.2, 0.25) is 0 Å². The third kappa shape index (κ3) is 4.54. The van der Waals surface area contributed by atoms with Crippen molar-refractivity contribution in [2.45, 2.75) is 31.7 Å². The number of carbonyl (C=O) groups excluding carboxylic acids is 1. The summed E-state index contributed by atoms with van der Waals surface area (Å²) in [5, 5.41) is 0.379. The van der Waals surface area contributed by atoms with E-state index in [0.717, 1.165) is 0 Å². The number of aromatic amines is 1. The van der Waals surface area contributed by atoms with Crippen molar-refractivity contribution in [2.75, 3.05) is 26.7 Å². The van der Waals surface area contributed by atoms with Crippen molar-refractivity contribution < 1.29 is 13.2 Å². The molecule has 0 bridgehead atoms. The van der Waals surface area contributed by atoms with Crippen LogP contribution in [0.3, 0.4) is 0 Å². The lowest BCUT2D eigenvalue weighted by Gasteiger charge is -2.24. The molecule has 1 unspecified atom stereocenters. The fraction of sp³-hybridized carbons (Fsp3) is 0.444. The minimum Gasteiger partial charge on any atom is -0.338 e. The number of likely N-dealkylation sites (N-methyl/N-ethyl adjacent to an activating group) is 1. The van der Waals surface area contributed by atoms with Crippen molar-refractivity contribution >= 4 is 39.2 Å². The highest BCUT2D eigenvalue weighted by Crippen LogP contribution is 2.23. The van der Waals surface area contributed by atoms with Crippen LogP contribution in [-0.2, 0) is 10.0 Å². The van der Waals surface area contributed by atoms with E-state index < -0.39 is 15.6 Å². The molecule has 10 heteroatoms. The van der Waals surface area contributed by atoms with Crippen molar-refractivity contribution in [1.82, 2.24) is 14.2 Å². The van der Waals surface area contributed by atoms with Crippen LogP contribution in [0.1, 0.15) is 31.1 Å².